The predicted molar refractivity (Wildman–Crippen MR) is 57.0 cm³/mol. The summed E-state index contributed by atoms with van der Waals surface area (Å²) < 4.78 is 4.98. The quantitative estimate of drug-likeness (QED) is 0.860. The molecule has 1 amide bonds. The van der Waals surface area contributed by atoms with E-state index in [1.54, 1.807) is 14.0 Å². The van der Waals surface area contributed by atoms with Crippen LogP contribution in [-0.4, -0.2) is 35.6 Å². The van der Waals surface area contributed by atoms with Gasteiger partial charge >= 0.3 is 0 Å². The van der Waals surface area contributed by atoms with Crippen molar-refractivity contribution in [3.63, 3.8) is 0 Å². The first kappa shape index (κ1) is 12.1. The minimum Gasteiger partial charge on any atom is -0.440 e. The molecule has 1 N–H and O–H groups in total. The van der Waals surface area contributed by atoms with E-state index in [-0.39, 0.29) is 16.9 Å². The average Bonchev–Trinajstić information content (AvgIpc) is 2.60. The molecule has 0 aromatic carbocycles. The number of amides is 1. The topological polar surface area (TPSA) is 53.7 Å². The van der Waals surface area contributed by atoms with Gasteiger partial charge in [0.15, 0.2) is 11.0 Å². The van der Waals surface area contributed by atoms with Crippen LogP contribution in [-0.2, 0) is 0 Å². The molecule has 0 spiro atoms. The van der Waals surface area contributed by atoms with Crippen LogP contribution in [0.15, 0.2) is 16.5 Å². The van der Waals surface area contributed by atoms with Crippen molar-refractivity contribution in [1.82, 2.24) is 4.90 Å². The average molecular weight is 232 g/mol. The van der Waals surface area contributed by atoms with Gasteiger partial charge in [-0.15, -0.1) is 0 Å². The molecule has 0 saturated carbocycles. The first-order valence-electron chi connectivity index (χ1n) is 4.69. The van der Waals surface area contributed by atoms with Crippen LogP contribution in [0.2, 0.25) is 5.22 Å². The molecule has 4 nitrogen and oxygen atoms in total. The maximum Gasteiger partial charge on any atom is 0.289 e. The SMILES string of the molecule is CC(O)CCN(C)C(=O)c1ccc(Cl)o1. The summed E-state index contributed by atoms with van der Waals surface area (Å²) in [6.45, 7) is 2.16. The minimum absolute atomic E-state index is 0.197. The zero-order valence-electron chi connectivity index (χ0n) is 8.74. The molecule has 0 radical (unpaired) electrons. The Balaban J connectivity index is 2.53. The van der Waals surface area contributed by atoms with Crippen molar-refractivity contribution in [2.45, 2.75) is 19.4 Å². The van der Waals surface area contributed by atoms with E-state index in [1.807, 2.05) is 0 Å². The Labute approximate surface area is 93.4 Å². The highest BCUT2D eigenvalue weighted by atomic mass is 35.5. The second-order valence-corrected chi connectivity index (χ2v) is 3.84. The highest BCUT2D eigenvalue weighted by molar-refractivity contribution is 6.29. The molecule has 0 aliphatic heterocycles. The molecule has 0 aliphatic carbocycles. The molecule has 1 unspecified atom stereocenters. The Morgan fingerprint density at radius 2 is 2.33 bits per heavy atom. The van der Waals surface area contributed by atoms with Gasteiger partial charge in [-0.05, 0) is 37.1 Å². The zero-order valence-corrected chi connectivity index (χ0v) is 9.49. The van der Waals surface area contributed by atoms with Gasteiger partial charge in [0.2, 0.25) is 0 Å². The number of halogens is 1. The van der Waals surface area contributed by atoms with Gasteiger partial charge in [0.25, 0.3) is 5.91 Å². The van der Waals surface area contributed by atoms with Gasteiger partial charge < -0.3 is 14.4 Å². The third-order valence-electron chi connectivity index (χ3n) is 2.01. The third kappa shape index (κ3) is 3.57. The number of nitrogens with zero attached hydrogens (tertiary/aromatic N) is 1. The lowest BCUT2D eigenvalue weighted by atomic mass is 10.2. The first-order valence-corrected chi connectivity index (χ1v) is 5.07. The molecule has 84 valence electrons. The number of furan rings is 1. The first-order chi connectivity index (χ1) is 7.00. The van der Waals surface area contributed by atoms with Crippen molar-refractivity contribution in [2.75, 3.05) is 13.6 Å². The van der Waals surface area contributed by atoms with Crippen LogP contribution >= 0.6 is 11.6 Å². The van der Waals surface area contributed by atoms with Crippen LogP contribution in [0.3, 0.4) is 0 Å². The molecule has 1 rings (SSSR count). The van der Waals surface area contributed by atoms with Crippen LogP contribution in [0.25, 0.3) is 0 Å². The highest BCUT2D eigenvalue weighted by Crippen LogP contribution is 2.14. The van der Waals surface area contributed by atoms with Crippen LogP contribution < -0.4 is 0 Å². The summed E-state index contributed by atoms with van der Waals surface area (Å²) in [5.74, 6) is -0.0179. The lowest BCUT2D eigenvalue weighted by Crippen LogP contribution is -2.29. The molecule has 15 heavy (non-hydrogen) atoms. The molecule has 1 heterocycles. The maximum atomic E-state index is 11.7. The fraction of sp³-hybridized carbons (Fsp3) is 0.500. The lowest BCUT2D eigenvalue weighted by Gasteiger charge is -2.16. The van der Waals surface area contributed by atoms with E-state index in [0.29, 0.717) is 13.0 Å². The monoisotopic (exact) mass is 231 g/mol. The van der Waals surface area contributed by atoms with E-state index in [1.165, 1.54) is 17.0 Å². The van der Waals surface area contributed by atoms with Crippen molar-refractivity contribution in [2.24, 2.45) is 0 Å². The van der Waals surface area contributed by atoms with Crippen molar-refractivity contribution >= 4 is 17.5 Å². The van der Waals surface area contributed by atoms with E-state index >= 15 is 0 Å². The second-order valence-electron chi connectivity index (χ2n) is 3.47. The molecule has 0 fully saturated rings. The maximum absolute atomic E-state index is 11.7. The largest absolute Gasteiger partial charge is 0.440 e. The molecule has 1 atom stereocenters. The summed E-state index contributed by atoms with van der Waals surface area (Å²) in [5, 5.41) is 9.27. The normalized spacial score (nSPS) is 12.5. The summed E-state index contributed by atoms with van der Waals surface area (Å²) in [6, 6.07) is 3.06. The number of carbonyl (C=O) groups is 1. The van der Waals surface area contributed by atoms with Gasteiger partial charge in [-0.25, -0.2) is 0 Å². The van der Waals surface area contributed by atoms with Crippen LogP contribution in [0.1, 0.15) is 23.9 Å². The Bertz CT molecular complexity index is 335. The van der Waals surface area contributed by atoms with Crippen LogP contribution in [0.5, 0.6) is 0 Å². The van der Waals surface area contributed by atoms with Gasteiger partial charge in [-0.1, -0.05) is 0 Å². The minimum atomic E-state index is -0.416. The molecule has 1 aromatic heterocycles. The van der Waals surface area contributed by atoms with Crippen molar-refractivity contribution in [3.8, 4) is 0 Å². The molecule has 0 saturated heterocycles. The van der Waals surface area contributed by atoms with E-state index in [4.69, 9.17) is 21.1 Å². The van der Waals surface area contributed by atoms with E-state index in [2.05, 4.69) is 0 Å². The number of rotatable bonds is 4. The summed E-state index contributed by atoms with van der Waals surface area (Å²) in [6.07, 6.45) is 0.122. The number of carbonyl (C=O) groups excluding carboxylic acids is 1. The Kier molecular flexibility index (Phi) is 4.17. The smallest absolute Gasteiger partial charge is 0.289 e. The Hall–Kier alpha value is -1.00. The van der Waals surface area contributed by atoms with Crippen LogP contribution in [0, 0.1) is 0 Å². The summed E-state index contributed by atoms with van der Waals surface area (Å²) >= 11 is 5.56. The third-order valence-corrected chi connectivity index (χ3v) is 2.22. The van der Waals surface area contributed by atoms with Gasteiger partial charge in [0.1, 0.15) is 0 Å². The molecule has 5 heteroatoms. The van der Waals surface area contributed by atoms with Crippen molar-refractivity contribution in [3.05, 3.63) is 23.1 Å². The lowest BCUT2D eigenvalue weighted by molar-refractivity contribution is 0.0738. The summed E-state index contributed by atoms with van der Waals surface area (Å²) in [7, 11) is 1.65. The predicted octanol–water partition coefficient (Wildman–Crippen LogP) is 1.78. The molecule has 0 bridgehead atoms. The fourth-order valence-electron chi connectivity index (χ4n) is 1.10. The summed E-state index contributed by atoms with van der Waals surface area (Å²) in [4.78, 5) is 13.2. The Morgan fingerprint density at radius 3 is 2.80 bits per heavy atom. The highest BCUT2D eigenvalue weighted by Gasteiger charge is 2.15. The van der Waals surface area contributed by atoms with Crippen molar-refractivity contribution in [1.29, 1.82) is 0 Å². The van der Waals surface area contributed by atoms with E-state index in [0.717, 1.165) is 0 Å². The standard InChI is InChI=1S/C10H14ClNO3/c1-7(13)5-6-12(2)10(14)8-3-4-9(11)15-8/h3-4,7,13H,5-6H2,1-2H3. The van der Waals surface area contributed by atoms with E-state index < -0.39 is 6.10 Å². The van der Waals surface area contributed by atoms with Gasteiger partial charge in [0.05, 0.1) is 6.10 Å². The number of hydrogen-bond donors (Lipinski definition) is 1. The summed E-state index contributed by atoms with van der Waals surface area (Å²) in [5.41, 5.74) is 0. The van der Waals surface area contributed by atoms with E-state index in [9.17, 15) is 4.79 Å². The van der Waals surface area contributed by atoms with Gasteiger partial charge in [-0.2, -0.15) is 0 Å². The number of aliphatic hydroxyl groups excluding tert-OH is 1. The number of aliphatic hydroxyl groups is 1. The second kappa shape index (κ2) is 5.19. The fourth-order valence-corrected chi connectivity index (χ4v) is 1.25. The number of hydrogen-bond acceptors (Lipinski definition) is 3. The van der Waals surface area contributed by atoms with Gasteiger partial charge in [0, 0.05) is 13.6 Å². The molecular weight excluding hydrogens is 218 g/mol. The molecular formula is C10H14ClNO3. The molecule has 0 aliphatic rings. The zero-order chi connectivity index (χ0) is 11.4. The Morgan fingerprint density at radius 1 is 1.67 bits per heavy atom. The van der Waals surface area contributed by atoms with Gasteiger partial charge in [-0.3, -0.25) is 4.79 Å². The molecule has 1 aromatic rings. The van der Waals surface area contributed by atoms with Crippen LogP contribution in [0.4, 0.5) is 0 Å². The van der Waals surface area contributed by atoms with Crippen molar-refractivity contribution < 1.29 is 14.3 Å².